The number of anilines is 2. The highest BCUT2D eigenvalue weighted by Crippen LogP contribution is 2.31. The number of amides is 2. The highest BCUT2D eigenvalue weighted by molar-refractivity contribution is 6.04. The molecule has 0 aliphatic heterocycles. The van der Waals surface area contributed by atoms with E-state index in [4.69, 9.17) is 0 Å². The summed E-state index contributed by atoms with van der Waals surface area (Å²) in [6.45, 7) is 0. The fourth-order valence-corrected chi connectivity index (χ4v) is 3.47. The number of halogens is 3. The van der Waals surface area contributed by atoms with Crippen LogP contribution in [0.2, 0.25) is 0 Å². The molecule has 2 aromatic heterocycles. The Hall–Kier alpha value is -4.21. The molecule has 1 aliphatic rings. The number of carbonyl (C=O) groups excluding carboxylic acids is 2. The quantitative estimate of drug-likeness (QED) is 0.433. The zero-order valence-electron chi connectivity index (χ0n) is 17.6. The van der Waals surface area contributed by atoms with Gasteiger partial charge in [-0.15, -0.1) is 5.10 Å². The second-order valence-corrected chi connectivity index (χ2v) is 7.99. The van der Waals surface area contributed by atoms with Gasteiger partial charge in [0.05, 0.1) is 11.3 Å². The van der Waals surface area contributed by atoms with Crippen LogP contribution in [0.4, 0.5) is 24.8 Å². The Balaban J connectivity index is 1.32. The number of pyridine rings is 1. The Kier molecular flexibility index (Phi) is 5.27. The number of hydrogen-bond donors (Lipinski definition) is 2. The number of carbonyl (C=O) groups is 2. The summed E-state index contributed by atoms with van der Waals surface area (Å²) in [5.74, 6) is -0.317. The molecule has 1 fully saturated rings. The predicted octanol–water partition coefficient (Wildman–Crippen LogP) is 5.02. The van der Waals surface area contributed by atoms with Crippen molar-refractivity contribution in [2.75, 3.05) is 10.6 Å². The summed E-state index contributed by atoms with van der Waals surface area (Å²) in [5.41, 5.74) is 1.89. The third kappa shape index (κ3) is 4.47. The van der Waals surface area contributed by atoms with E-state index in [-0.39, 0.29) is 23.3 Å². The fourth-order valence-electron chi connectivity index (χ4n) is 3.47. The Bertz CT molecular complexity index is 1370. The minimum Gasteiger partial charge on any atom is -0.322 e. The first kappa shape index (κ1) is 21.6. The van der Waals surface area contributed by atoms with Gasteiger partial charge in [0.2, 0.25) is 11.9 Å². The van der Waals surface area contributed by atoms with Gasteiger partial charge in [-0.1, -0.05) is 18.2 Å². The smallest absolute Gasteiger partial charge is 0.322 e. The lowest BCUT2D eigenvalue weighted by Gasteiger charge is -2.09. The lowest BCUT2D eigenvalue weighted by Crippen LogP contribution is -2.14. The van der Waals surface area contributed by atoms with Crippen molar-refractivity contribution in [3.8, 4) is 11.3 Å². The van der Waals surface area contributed by atoms with E-state index in [9.17, 15) is 22.8 Å². The normalized spacial score (nSPS) is 13.6. The molecule has 0 bridgehead atoms. The monoisotopic (exact) mass is 465 g/mol. The first-order chi connectivity index (χ1) is 16.3. The van der Waals surface area contributed by atoms with Crippen molar-refractivity contribution in [2.24, 2.45) is 5.92 Å². The molecule has 7 nitrogen and oxygen atoms in total. The van der Waals surface area contributed by atoms with Crippen molar-refractivity contribution in [1.29, 1.82) is 0 Å². The highest BCUT2D eigenvalue weighted by atomic mass is 19.4. The van der Waals surface area contributed by atoms with E-state index in [0.717, 1.165) is 48.4 Å². The number of fused-ring (bicyclic) bond motifs is 1. The van der Waals surface area contributed by atoms with Crippen LogP contribution >= 0.6 is 0 Å². The maximum atomic E-state index is 12.7. The molecule has 1 aliphatic carbocycles. The van der Waals surface area contributed by atoms with Crippen LogP contribution in [-0.2, 0) is 11.0 Å². The van der Waals surface area contributed by atoms with Crippen LogP contribution in [0, 0.1) is 5.92 Å². The van der Waals surface area contributed by atoms with Crippen LogP contribution < -0.4 is 10.6 Å². The zero-order chi connectivity index (χ0) is 23.9. The van der Waals surface area contributed by atoms with Crippen molar-refractivity contribution in [2.45, 2.75) is 19.0 Å². The Morgan fingerprint density at radius 3 is 2.26 bits per heavy atom. The molecule has 2 heterocycles. The third-order valence-electron chi connectivity index (χ3n) is 5.46. The van der Waals surface area contributed by atoms with Gasteiger partial charge in [-0.05, 0) is 61.4 Å². The molecule has 4 aromatic rings. The first-order valence-corrected chi connectivity index (χ1v) is 10.5. The third-order valence-corrected chi connectivity index (χ3v) is 5.46. The van der Waals surface area contributed by atoms with Gasteiger partial charge in [0.1, 0.15) is 0 Å². The fraction of sp³-hybridized carbons (Fsp3) is 0.167. The molecule has 0 atom stereocenters. The molecular weight excluding hydrogens is 447 g/mol. The van der Waals surface area contributed by atoms with Gasteiger partial charge in [-0.2, -0.15) is 18.2 Å². The number of benzene rings is 2. The summed E-state index contributed by atoms with van der Waals surface area (Å²) in [6.07, 6.45) is -2.69. The second kappa shape index (κ2) is 8.29. The summed E-state index contributed by atoms with van der Waals surface area (Å²) in [6, 6.07) is 16.4. The van der Waals surface area contributed by atoms with Gasteiger partial charge < -0.3 is 5.32 Å². The van der Waals surface area contributed by atoms with Crippen LogP contribution in [0.15, 0.2) is 66.7 Å². The minimum absolute atomic E-state index is 0.0383. The minimum atomic E-state index is -4.46. The Morgan fingerprint density at radius 1 is 0.912 bits per heavy atom. The summed E-state index contributed by atoms with van der Waals surface area (Å²) in [7, 11) is 0. The van der Waals surface area contributed by atoms with E-state index in [0.29, 0.717) is 11.3 Å². The first-order valence-electron chi connectivity index (χ1n) is 10.5. The van der Waals surface area contributed by atoms with E-state index in [1.807, 2.05) is 12.1 Å². The average Bonchev–Trinajstić information content (AvgIpc) is 3.59. The molecule has 2 N–H and O–H groups in total. The number of rotatable bonds is 5. The Labute approximate surface area is 191 Å². The van der Waals surface area contributed by atoms with Gasteiger partial charge in [-0.3, -0.25) is 14.9 Å². The number of nitrogens with zero attached hydrogens (tertiary/aromatic N) is 3. The van der Waals surface area contributed by atoms with Gasteiger partial charge >= 0.3 is 6.18 Å². The molecule has 34 heavy (non-hydrogen) atoms. The number of nitrogens with one attached hydrogen (secondary N) is 2. The van der Waals surface area contributed by atoms with Crippen LogP contribution in [0.5, 0.6) is 0 Å². The molecule has 2 aromatic carbocycles. The molecule has 2 amide bonds. The van der Waals surface area contributed by atoms with Crippen LogP contribution in [0.3, 0.4) is 0 Å². The molecule has 0 radical (unpaired) electrons. The highest BCUT2D eigenvalue weighted by Gasteiger charge is 2.31. The number of hydrogen-bond acceptors (Lipinski definition) is 4. The summed E-state index contributed by atoms with van der Waals surface area (Å²) in [4.78, 5) is 28.8. The number of alkyl halides is 3. The molecule has 5 rings (SSSR count). The van der Waals surface area contributed by atoms with E-state index in [2.05, 4.69) is 20.7 Å². The van der Waals surface area contributed by atoms with E-state index in [1.165, 1.54) is 0 Å². The molecular formula is C24H18F3N5O2. The maximum absolute atomic E-state index is 12.7. The lowest BCUT2D eigenvalue weighted by atomic mass is 10.1. The second-order valence-electron chi connectivity index (χ2n) is 7.99. The van der Waals surface area contributed by atoms with Gasteiger partial charge in [0.15, 0.2) is 5.65 Å². The molecule has 0 unspecified atom stereocenters. The SMILES string of the molecule is O=C(Nc1ccc(-c2cccc3nc(NC(=O)C4CC4)nn23)cc1)c1ccc(C(F)(F)F)cc1. The average molecular weight is 465 g/mol. The van der Waals surface area contributed by atoms with Crippen molar-refractivity contribution in [3.63, 3.8) is 0 Å². The van der Waals surface area contributed by atoms with E-state index >= 15 is 0 Å². The molecule has 1 saturated carbocycles. The standard InChI is InChI=1S/C24H18F3N5O2/c25-24(26,27)17-10-6-16(7-11-17)21(33)28-18-12-8-14(9-13-18)19-2-1-3-20-29-23(31-32(19)20)30-22(34)15-4-5-15/h1-3,6-13,15H,4-5H2,(H,28,33)(H,30,31,34). The van der Waals surface area contributed by atoms with Crippen LogP contribution in [0.1, 0.15) is 28.8 Å². The summed E-state index contributed by atoms with van der Waals surface area (Å²) >= 11 is 0. The van der Waals surface area contributed by atoms with E-state index in [1.54, 1.807) is 34.8 Å². The maximum Gasteiger partial charge on any atom is 0.416 e. The van der Waals surface area contributed by atoms with Crippen molar-refractivity contribution in [3.05, 3.63) is 77.9 Å². The van der Waals surface area contributed by atoms with Gasteiger partial charge in [0.25, 0.3) is 5.91 Å². The molecule has 10 heteroatoms. The Morgan fingerprint density at radius 2 is 1.62 bits per heavy atom. The zero-order valence-corrected chi connectivity index (χ0v) is 17.6. The summed E-state index contributed by atoms with van der Waals surface area (Å²) < 4.78 is 39.7. The molecule has 0 spiro atoms. The van der Waals surface area contributed by atoms with E-state index < -0.39 is 17.6 Å². The molecule has 0 saturated heterocycles. The molecule has 172 valence electrons. The van der Waals surface area contributed by atoms with Crippen LogP contribution in [0.25, 0.3) is 16.9 Å². The number of aromatic nitrogens is 3. The van der Waals surface area contributed by atoms with Crippen molar-refractivity contribution in [1.82, 2.24) is 14.6 Å². The van der Waals surface area contributed by atoms with Gasteiger partial charge in [0, 0.05) is 22.7 Å². The van der Waals surface area contributed by atoms with Crippen molar-refractivity contribution < 1.29 is 22.8 Å². The van der Waals surface area contributed by atoms with Gasteiger partial charge in [-0.25, -0.2) is 4.52 Å². The van der Waals surface area contributed by atoms with Crippen LogP contribution in [-0.4, -0.2) is 26.4 Å². The topological polar surface area (TPSA) is 88.4 Å². The van der Waals surface area contributed by atoms with Crippen molar-refractivity contribution >= 4 is 29.1 Å². The predicted molar refractivity (Wildman–Crippen MR) is 119 cm³/mol. The summed E-state index contributed by atoms with van der Waals surface area (Å²) in [5, 5.41) is 9.81. The lowest BCUT2D eigenvalue weighted by molar-refractivity contribution is -0.137. The largest absolute Gasteiger partial charge is 0.416 e.